The fraction of sp³-hybridized carbons (Fsp3) is 0.211. The molecule has 0 fully saturated rings. The number of carbonyl (C=O) groups is 1. The van der Waals surface area contributed by atoms with Gasteiger partial charge in [-0.05, 0) is 17.7 Å². The molecule has 6 nitrogen and oxygen atoms in total. The van der Waals surface area contributed by atoms with Crippen LogP contribution in [0.1, 0.15) is 11.1 Å². The quantitative estimate of drug-likeness (QED) is 0.590. The second-order valence-corrected chi connectivity index (χ2v) is 5.02. The predicted molar refractivity (Wildman–Crippen MR) is 94.5 cm³/mol. The van der Waals surface area contributed by atoms with Gasteiger partial charge in [-0.15, -0.1) is 0 Å². The van der Waals surface area contributed by atoms with E-state index in [1.807, 2.05) is 30.3 Å². The van der Waals surface area contributed by atoms with Gasteiger partial charge in [0, 0.05) is 17.7 Å². The zero-order chi connectivity index (χ0) is 18.1. The molecule has 0 aliphatic heterocycles. The number of benzene rings is 2. The summed E-state index contributed by atoms with van der Waals surface area (Å²) in [4.78, 5) is 17.0. The van der Waals surface area contributed by atoms with E-state index in [4.69, 9.17) is 19.0 Å². The average molecular weight is 343 g/mol. The molecule has 0 saturated heterocycles. The minimum Gasteiger partial charge on any atom is -0.496 e. The van der Waals surface area contributed by atoms with E-state index >= 15 is 0 Å². The Morgan fingerprint density at radius 2 is 1.60 bits per heavy atom. The fourth-order valence-corrected chi connectivity index (χ4v) is 2.15. The topological polar surface area (TPSA) is 66.0 Å². The molecule has 0 unspecified atom stereocenters. The van der Waals surface area contributed by atoms with Crippen molar-refractivity contribution < 1.29 is 23.8 Å². The molecule has 25 heavy (non-hydrogen) atoms. The highest BCUT2D eigenvalue weighted by molar-refractivity contribution is 5.91. The predicted octanol–water partition coefficient (Wildman–Crippen LogP) is 2.97. The van der Waals surface area contributed by atoms with E-state index in [1.54, 1.807) is 39.5 Å². The van der Waals surface area contributed by atoms with Crippen LogP contribution in [-0.2, 0) is 16.2 Å². The van der Waals surface area contributed by atoms with Crippen molar-refractivity contribution in [3.63, 3.8) is 0 Å². The number of rotatable bonds is 8. The average Bonchev–Trinajstić information content (AvgIpc) is 2.66. The van der Waals surface area contributed by atoms with Gasteiger partial charge in [0.05, 0.1) is 27.9 Å². The van der Waals surface area contributed by atoms with Crippen LogP contribution < -0.4 is 19.7 Å². The van der Waals surface area contributed by atoms with Crippen LogP contribution in [-0.4, -0.2) is 27.2 Å². The van der Waals surface area contributed by atoms with Crippen molar-refractivity contribution in [1.29, 1.82) is 0 Å². The largest absolute Gasteiger partial charge is 0.496 e. The number of hydrogen-bond acceptors (Lipinski definition) is 5. The van der Waals surface area contributed by atoms with Gasteiger partial charge in [0.1, 0.15) is 5.75 Å². The first-order chi connectivity index (χ1) is 12.2. The number of carbonyl (C=O) groups excluding carboxylic acids is 1. The molecule has 6 heteroatoms. The van der Waals surface area contributed by atoms with Crippen LogP contribution in [0.15, 0.2) is 48.5 Å². The molecule has 1 amide bonds. The summed E-state index contributed by atoms with van der Waals surface area (Å²) < 4.78 is 15.8. The molecule has 2 aromatic carbocycles. The SMILES string of the molecule is COc1cc(OC)c(OC)cc1/C=C/C(=O)NOCc1ccccc1. The van der Waals surface area contributed by atoms with Gasteiger partial charge in [-0.1, -0.05) is 30.3 Å². The highest BCUT2D eigenvalue weighted by atomic mass is 16.6. The van der Waals surface area contributed by atoms with Gasteiger partial charge >= 0.3 is 0 Å². The molecule has 0 saturated carbocycles. The molecule has 0 atom stereocenters. The molecule has 2 rings (SSSR count). The lowest BCUT2D eigenvalue weighted by molar-refractivity contribution is -0.129. The Morgan fingerprint density at radius 1 is 0.960 bits per heavy atom. The van der Waals surface area contributed by atoms with Crippen LogP contribution >= 0.6 is 0 Å². The minimum atomic E-state index is -0.382. The van der Waals surface area contributed by atoms with Gasteiger partial charge in [-0.3, -0.25) is 9.63 Å². The maximum Gasteiger partial charge on any atom is 0.267 e. The normalized spacial score (nSPS) is 10.5. The van der Waals surface area contributed by atoms with Crippen LogP contribution in [0.4, 0.5) is 0 Å². The third kappa shape index (κ3) is 5.26. The number of nitrogens with one attached hydrogen (secondary N) is 1. The molecule has 0 aliphatic rings. The standard InChI is InChI=1S/C19H21NO5/c1-22-16-12-18(24-3)17(23-2)11-15(16)9-10-19(21)20-25-13-14-7-5-4-6-8-14/h4-12H,13H2,1-3H3,(H,20,21)/b10-9+. The summed E-state index contributed by atoms with van der Waals surface area (Å²) in [5, 5.41) is 0. The Labute approximate surface area is 146 Å². The first-order valence-corrected chi connectivity index (χ1v) is 7.61. The van der Waals surface area contributed by atoms with Crippen LogP contribution in [0.25, 0.3) is 6.08 Å². The molecule has 0 spiro atoms. The number of amides is 1. The van der Waals surface area contributed by atoms with Crippen LogP contribution in [0.2, 0.25) is 0 Å². The third-order valence-corrected chi connectivity index (χ3v) is 3.40. The lowest BCUT2D eigenvalue weighted by Crippen LogP contribution is -2.21. The number of hydroxylamine groups is 1. The lowest BCUT2D eigenvalue weighted by Gasteiger charge is -2.12. The van der Waals surface area contributed by atoms with Crippen LogP contribution in [0.5, 0.6) is 17.2 Å². The number of ether oxygens (including phenoxy) is 3. The van der Waals surface area contributed by atoms with E-state index in [1.165, 1.54) is 6.08 Å². The maximum absolute atomic E-state index is 11.9. The summed E-state index contributed by atoms with van der Waals surface area (Å²) >= 11 is 0. The molecular weight excluding hydrogens is 322 g/mol. The van der Waals surface area contributed by atoms with Crippen molar-refractivity contribution in [2.75, 3.05) is 21.3 Å². The Balaban J connectivity index is 1.99. The number of hydrogen-bond donors (Lipinski definition) is 1. The van der Waals surface area contributed by atoms with E-state index in [-0.39, 0.29) is 5.91 Å². The van der Waals surface area contributed by atoms with E-state index in [0.717, 1.165) is 5.56 Å². The molecule has 1 N–H and O–H groups in total. The second kappa shape index (κ2) is 9.34. The van der Waals surface area contributed by atoms with E-state index in [9.17, 15) is 4.79 Å². The Bertz CT molecular complexity index is 728. The summed E-state index contributed by atoms with van der Waals surface area (Å²) in [6.45, 7) is 0.292. The molecule has 132 valence electrons. The van der Waals surface area contributed by atoms with Gasteiger partial charge in [-0.2, -0.15) is 0 Å². The first-order valence-electron chi connectivity index (χ1n) is 7.61. The zero-order valence-corrected chi connectivity index (χ0v) is 14.4. The Morgan fingerprint density at radius 3 is 2.24 bits per heavy atom. The molecule has 0 aliphatic carbocycles. The van der Waals surface area contributed by atoms with Crippen molar-refractivity contribution in [3.05, 3.63) is 59.7 Å². The van der Waals surface area contributed by atoms with Crippen molar-refractivity contribution in [2.24, 2.45) is 0 Å². The van der Waals surface area contributed by atoms with Crippen molar-refractivity contribution in [1.82, 2.24) is 5.48 Å². The van der Waals surface area contributed by atoms with E-state index < -0.39 is 0 Å². The highest BCUT2D eigenvalue weighted by Crippen LogP contribution is 2.35. The van der Waals surface area contributed by atoms with E-state index in [0.29, 0.717) is 29.4 Å². The van der Waals surface area contributed by atoms with Crippen molar-refractivity contribution in [3.8, 4) is 17.2 Å². The third-order valence-electron chi connectivity index (χ3n) is 3.40. The van der Waals surface area contributed by atoms with Crippen molar-refractivity contribution in [2.45, 2.75) is 6.61 Å². The zero-order valence-electron chi connectivity index (χ0n) is 14.4. The molecule has 0 heterocycles. The highest BCUT2D eigenvalue weighted by Gasteiger charge is 2.10. The number of methoxy groups -OCH3 is 3. The lowest BCUT2D eigenvalue weighted by atomic mass is 10.1. The van der Waals surface area contributed by atoms with Gasteiger partial charge in [0.15, 0.2) is 11.5 Å². The maximum atomic E-state index is 11.9. The van der Waals surface area contributed by atoms with Gasteiger partial charge in [0.2, 0.25) is 0 Å². The summed E-state index contributed by atoms with van der Waals surface area (Å²) in [5.74, 6) is 1.27. The summed E-state index contributed by atoms with van der Waals surface area (Å²) in [7, 11) is 4.63. The first kappa shape index (κ1) is 18.4. The van der Waals surface area contributed by atoms with E-state index in [2.05, 4.69) is 5.48 Å². The Kier molecular flexibility index (Phi) is 6.86. The van der Waals surface area contributed by atoms with Gasteiger partial charge in [0.25, 0.3) is 5.91 Å². The molecule has 0 radical (unpaired) electrons. The van der Waals surface area contributed by atoms with Crippen LogP contribution in [0, 0.1) is 0 Å². The summed E-state index contributed by atoms with van der Waals surface area (Å²) in [6, 6.07) is 13.0. The van der Waals surface area contributed by atoms with Gasteiger partial charge < -0.3 is 14.2 Å². The minimum absolute atomic E-state index is 0.292. The molecule has 0 bridgehead atoms. The van der Waals surface area contributed by atoms with Crippen molar-refractivity contribution >= 4 is 12.0 Å². The summed E-state index contributed by atoms with van der Waals surface area (Å²) in [5.41, 5.74) is 4.01. The van der Waals surface area contributed by atoms with Gasteiger partial charge in [-0.25, -0.2) is 5.48 Å². The smallest absolute Gasteiger partial charge is 0.267 e. The molecule has 2 aromatic rings. The van der Waals surface area contributed by atoms with Crippen LogP contribution in [0.3, 0.4) is 0 Å². The monoisotopic (exact) mass is 343 g/mol. The summed E-state index contributed by atoms with van der Waals surface area (Å²) in [6.07, 6.45) is 2.97. The fourth-order valence-electron chi connectivity index (χ4n) is 2.15. The molecule has 0 aromatic heterocycles. The second-order valence-electron chi connectivity index (χ2n) is 5.02. The Hall–Kier alpha value is -2.99. The molecular formula is C19H21NO5.